The molecular formula is C5H5N3O. The van der Waals surface area contributed by atoms with Crippen LogP contribution in [0.2, 0.25) is 0 Å². The van der Waals surface area contributed by atoms with E-state index in [-0.39, 0.29) is 12.4 Å². The zero-order chi connectivity index (χ0) is 6.69. The number of hydrogen-bond donors (Lipinski definition) is 2. The molecule has 0 saturated carbocycles. The van der Waals surface area contributed by atoms with Crippen molar-refractivity contribution in [3.05, 3.63) is 17.7 Å². The third kappa shape index (κ3) is 1.06. The number of imidazole rings is 1. The summed E-state index contributed by atoms with van der Waals surface area (Å²) in [6.45, 7) is -0.103. The lowest BCUT2D eigenvalue weighted by Gasteiger charge is -1.80. The summed E-state index contributed by atoms with van der Waals surface area (Å²) in [5, 5.41) is 16.7. The van der Waals surface area contributed by atoms with Gasteiger partial charge in [-0.15, -0.1) is 0 Å². The summed E-state index contributed by atoms with van der Waals surface area (Å²) in [5.41, 5.74) is 0.562. The normalized spacial score (nSPS) is 8.89. The van der Waals surface area contributed by atoms with E-state index in [0.717, 1.165) is 0 Å². The van der Waals surface area contributed by atoms with Gasteiger partial charge in [0.2, 0.25) is 5.82 Å². The highest BCUT2D eigenvalue weighted by Gasteiger charge is 1.94. The summed E-state index contributed by atoms with van der Waals surface area (Å²) in [6.07, 6.45) is 1.43. The van der Waals surface area contributed by atoms with Gasteiger partial charge in [-0.05, 0) is 0 Å². The van der Waals surface area contributed by atoms with Crippen LogP contribution in [0.4, 0.5) is 0 Å². The molecule has 0 unspecified atom stereocenters. The van der Waals surface area contributed by atoms with E-state index in [9.17, 15) is 0 Å². The van der Waals surface area contributed by atoms with Gasteiger partial charge < -0.3 is 10.1 Å². The van der Waals surface area contributed by atoms with Gasteiger partial charge in [0, 0.05) is 0 Å². The van der Waals surface area contributed by atoms with Crippen LogP contribution in [-0.4, -0.2) is 15.1 Å². The molecule has 0 saturated heterocycles. The van der Waals surface area contributed by atoms with Gasteiger partial charge in [-0.3, -0.25) is 0 Å². The van der Waals surface area contributed by atoms with Crippen molar-refractivity contribution in [2.75, 3.05) is 0 Å². The van der Waals surface area contributed by atoms with Crippen LogP contribution in [0, 0.1) is 11.3 Å². The molecule has 4 heteroatoms. The smallest absolute Gasteiger partial charge is 0.210 e. The van der Waals surface area contributed by atoms with Gasteiger partial charge in [-0.25, -0.2) is 4.98 Å². The number of rotatable bonds is 1. The first-order valence-electron chi connectivity index (χ1n) is 2.41. The summed E-state index contributed by atoms with van der Waals surface area (Å²) in [4.78, 5) is 6.22. The predicted octanol–water partition coefficient (Wildman–Crippen LogP) is -0.226. The van der Waals surface area contributed by atoms with Crippen LogP contribution in [0.3, 0.4) is 0 Å². The third-order valence-corrected chi connectivity index (χ3v) is 0.905. The lowest BCUT2D eigenvalue weighted by Crippen LogP contribution is -1.81. The molecule has 0 fully saturated rings. The minimum atomic E-state index is -0.103. The Kier molecular flexibility index (Phi) is 1.47. The molecule has 1 aromatic heterocycles. The van der Waals surface area contributed by atoms with Crippen molar-refractivity contribution in [1.29, 1.82) is 5.26 Å². The van der Waals surface area contributed by atoms with Crippen LogP contribution in [0.5, 0.6) is 0 Å². The van der Waals surface area contributed by atoms with Gasteiger partial charge in [0.15, 0.2) is 0 Å². The Labute approximate surface area is 51.8 Å². The van der Waals surface area contributed by atoms with E-state index in [1.165, 1.54) is 6.20 Å². The molecule has 4 nitrogen and oxygen atoms in total. The van der Waals surface area contributed by atoms with Crippen LogP contribution in [0.1, 0.15) is 11.5 Å². The van der Waals surface area contributed by atoms with Gasteiger partial charge in [0.1, 0.15) is 6.07 Å². The molecule has 0 amide bonds. The standard InChI is InChI=1S/C5H5N3O/c6-1-5-7-2-4(3-9)8-5/h2,9H,3H2,(H,7,8). The summed E-state index contributed by atoms with van der Waals surface area (Å²) < 4.78 is 0. The number of aromatic nitrogens is 2. The number of nitriles is 1. The highest BCUT2D eigenvalue weighted by Crippen LogP contribution is 1.93. The molecule has 0 aliphatic heterocycles. The Morgan fingerprint density at radius 3 is 3.00 bits per heavy atom. The first-order chi connectivity index (χ1) is 4.36. The second-order valence-corrected chi connectivity index (χ2v) is 1.53. The second kappa shape index (κ2) is 2.29. The molecule has 2 N–H and O–H groups in total. The van der Waals surface area contributed by atoms with Gasteiger partial charge in [-0.2, -0.15) is 5.26 Å². The van der Waals surface area contributed by atoms with Crippen molar-refractivity contribution in [2.45, 2.75) is 6.61 Å². The van der Waals surface area contributed by atoms with Crippen molar-refractivity contribution < 1.29 is 5.11 Å². The zero-order valence-corrected chi connectivity index (χ0v) is 4.63. The van der Waals surface area contributed by atoms with Crippen LogP contribution in [0.25, 0.3) is 0 Å². The molecule has 0 bridgehead atoms. The Hall–Kier alpha value is -1.34. The number of nitrogens with one attached hydrogen (secondary N) is 1. The van der Waals surface area contributed by atoms with Crippen molar-refractivity contribution in [2.24, 2.45) is 0 Å². The van der Waals surface area contributed by atoms with E-state index in [2.05, 4.69) is 9.97 Å². The Morgan fingerprint density at radius 2 is 2.67 bits per heavy atom. The lowest BCUT2D eigenvalue weighted by atomic mass is 10.5. The van der Waals surface area contributed by atoms with Crippen LogP contribution < -0.4 is 0 Å². The van der Waals surface area contributed by atoms with Crippen LogP contribution in [-0.2, 0) is 6.61 Å². The molecule has 0 aliphatic carbocycles. The predicted molar refractivity (Wildman–Crippen MR) is 29.2 cm³/mol. The average Bonchev–Trinajstić information content (AvgIpc) is 2.34. The number of nitrogens with zero attached hydrogens (tertiary/aromatic N) is 2. The number of hydrogen-bond acceptors (Lipinski definition) is 3. The van der Waals surface area contributed by atoms with Crippen molar-refractivity contribution in [1.82, 2.24) is 9.97 Å². The molecule has 0 radical (unpaired) electrons. The molecule has 0 aliphatic rings. The molecule has 1 aromatic rings. The minimum Gasteiger partial charge on any atom is -0.390 e. The third-order valence-electron chi connectivity index (χ3n) is 0.905. The number of aliphatic hydroxyl groups excluding tert-OH is 1. The first kappa shape index (κ1) is 5.79. The molecule has 1 rings (SSSR count). The highest BCUT2D eigenvalue weighted by molar-refractivity contribution is 5.12. The van der Waals surface area contributed by atoms with Gasteiger partial charge >= 0.3 is 0 Å². The molecule has 1 heterocycles. The Morgan fingerprint density at radius 1 is 1.89 bits per heavy atom. The maximum absolute atomic E-state index is 8.47. The zero-order valence-electron chi connectivity index (χ0n) is 4.63. The molecule has 0 aromatic carbocycles. The summed E-state index contributed by atoms with van der Waals surface area (Å²) in [7, 11) is 0. The van der Waals surface area contributed by atoms with Gasteiger partial charge in [0.25, 0.3) is 0 Å². The lowest BCUT2D eigenvalue weighted by molar-refractivity contribution is 0.277. The topological polar surface area (TPSA) is 72.7 Å². The fourth-order valence-corrected chi connectivity index (χ4v) is 0.496. The van der Waals surface area contributed by atoms with Crippen molar-refractivity contribution in [3.63, 3.8) is 0 Å². The van der Waals surface area contributed by atoms with E-state index < -0.39 is 0 Å². The van der Waals surface area contributed by atoms with Crippen LogP contribution in [0.15, 0.2) is 6.20 Å². The maximum Gasteiger partial charge on any atom is 0.210 e. The van der Waals surface area contributed by atoms with E-state index in [1.54, 1.807) is 6.07 Å². The minimum absolute atomic E-state index is 0.103. The summed E-state index contributed by atoms with van der Waals surface area (Å²) in [5.74, 6) is 0.235. The van der Waals surface area contributed by atoms with E-state index in [0.29, 0.717) is 5.69 Å². The maximum atomic E-state index is 8.47. The SMILES string of the molecule is N#Cc1ncc(CO)[nH]1. The summed E-state index contributed by atoms with van der Waals surface area (Å²) in [6, 6.07) is 1.80. The molecule has 9 heavy (non-hydrogen) atoms. The molecule has 46 valence electrons. The van der Waals surface area contributed by atoms with Crippen molar-refractivity contribution >= 4 is 0 Å². The van der Waals surface area contributed by atoms with E-state index in [1.807, 2.05) is 0 Å². The Bertz CT molecular complexity index is 235. The molecule has 0 atom stereocenters. The summed E-state index contributed by atoms with van der Waals surface area (Å²) >= 11 is 0. The molecule has 0 spiro atoms. The quantitative estimate of drug-likeness (QED) is 0.542. The number of H-pyrrole nitrogens is 1. The monoisotopic (exact) mass is 123 g/mol. The number of aromatic amines is 1. The van der Waals surface area contributed by atoms with E-state index in [4.69, 9.17) is 10.4 Å². The Balaban J connectivity index is 2.90. The second-order valence-electron chi connectivity index (χ2n) is 1.53. The average molecular weight is 123 g/mol. The van der Waals surface area contributed by atoms with Gasteiger partial charge in [-0.1, -0.05) is 0 Å². The van der Waals surface area contributed by atoms with Crippen molar-refractivity contribution in [3.8, 4) is 6.07 Å². The fourth-order valence-electron chi connectivity index (χ4n) is 0.496. The molecular weight excluding hydrogens is 118 g/mol. The first-order valence-corrected chi connectivity index (χ1v) is 2.41. The van der Waals surface area contributed by atoms with E-state index >= 15 is 0 Å². The fraction of sp³-hybridized carbons (Fsp3) is 0.200. The van der Waals surface area contributed by atoms with Gasteiger partial charge in [0.05, 0.1) is 18.5 Å². The largest absolute Gasteiger partial charge is 0.390 e. The number of aliphatic hydroxyl groups is 1. The highest BCUT2D eigenvalue weighted by atomic mass is 16.3. The van der Waals surface area contributed by atoms with Crippen LogP contribution >= 0.6 is 0 Å².